The van der Waals surface area contributed by atoms with E-state index in [1.807, 2.05) is 24.3 Å². The first-order valence-electron chi connectivity index (χ1n) is 12.5. The molecule has 38 heavy (non-hydrogen) atoms. The molecule has 1 aliphatic rings. The van der Waals surface area contributed by atoms with E-state index in [-0.39, 0.29) is 5.91 Å². The molecule has 9 heteroatoms. The lowest BCUT2D eigenvalue weighted by Gasteiger charge is -2.22. The predicted molar refractivity (Wildman–Crippen MR) is 152 cm³/mol. The molecule has 3 aromatic rings. The van der Waals surface area contributed by atoms with Gasteiger partial charge in [-0.15, -0.1) is 0 Å². The first-order chi connectivity index (χ1) is 18.4. The van der Waals surface area contributed by atoms with Crippen LogP contribution in [-0.2, 0) is 9.53 Å². The molecule has 4 rings (SSSR count). The number of hydrogen-bond acceptors (Lipinski definition) is 8. The van der Waals surface area contributed by atoms with Crippen LogP contribution < -0.4 is 20.3 Å². The van der Waals surface area contributed by atoms with Crippen LogP contribution in [-0.4, -0.2) is 68.2 Å². The van der Waals surface area contributed by atoms with Gasteiger partial charge in [-0.1, -0.05) is 18.7 Å². The first kappa shape index (κ1) is 26.8. The second-order valence-corrected chi connectivity index (χ2v) is 9.19. The second-order valence-electron chi connectivity index (χ2n) is 9.19. The zero-order valence-corrected chi connectivity index (χ0v) is 22.1. The number of nitrogens with one attached hydrogen (secondary N) is 2. The smallest absolute Gasteiger partial charge is 0.247 e. The fourth-order valence-electron chi connectivity index (χ4n) is 3.85. The molecule has 9 nitrogen and oxygen atoms in total. The van der Waals surface area contributed by atoms with Gasteiger partial charge in [0.1, 0.15) is 5.75 Å². The Morgan fingerprint density at radius 1 is 1.13 bits per heavy atom. The quantitative estimate of drug-likeness (QED) is 0.348. The summed E-state index contributed by atoms with van der Waals surface area (Å²) >= 11 is 0. The summed E-state index contributed by atoms with van der Waals surface area (Å²) in [6.07, 6.45) is 5.76. The van der Waals surface area contributed by atoms with Gasteiger partial charge in [-0.2, -0.15) is 4.98 Å². The summed E-state index contributed by atoms with van der Waals surface area (Å²) in [5.74, 6) is 1.08. The fraction of sp³-hybridized carbons (Fsp3) is 0.276. The SMILES string of the molecule is C=CC(=O)Nc1cccc(Oc2nc(Nc3ccc(N(C)CCN(C)C)cc3)ncc2C2=CCOCC2)c1. The minimum absolute atomic E-state index is 0.293. The maximum absolute atomic E-state index is 11.7. The van der Waals surface area contributed by atoms with Gasteiger partial charge in [0, 0.05) is 49.5 Å². The highest BCUT2D eigenvalue weighted by molar-refractivity contribution is 5.98. The highest BCUT2D eigenvalue weighted by atomic mass is 16.5. The second kappa shape index (κ2) is 12.8. The van der Waals surface area contributed by atoms with E-state index in [0.29, 0.717) is 36.5 Å². The van der Waals surface area contributed by atoms with E-state index in [1.54, 1.807) is 24.4 Å². The van der Waals surface area contributed by atoms with Gasteiger partial charge >= 0.3 is 0 Å². The Balaban J connectivity index is 1.55. The Bertz CT molecular complexity index is 1290. The number of ether oxygens (including phenoxy) is 2. The first-order valence-corrected chi connectivity index (χ1v) is 12.5. The van der Waals surface area contributed by atoms with Crippen LogP contribution in [0.4, 0.5) is 23.0 Å². The topological polar surface area (TPSA) is 91.8 Å². The van der Waals surface area contributed by atoms with Crippen molar-refractivity contribution in [1.82, 2.24) is 14.9 Å². The zero-order chi connectivity index (χ0) is 26.9. The molecule has 0 radical (unpaired) electrons. The molecule has 1 aromatic heterocycles. The minimum atomic E-state index is -0.293. The number of nitrogens with zero attached hydrogens (tertiary/aromatic N) is 4. The molecular formula is C29H34N6O3. The van der Waals surface area contributed by atoms with Crippen LogP contribution in [0, 0.1) is 0 Å². The monoisotopic (exact) mass is 514 g/mol. The molecule has 0 fully saturated rings. The molecule has 1 amide bonds. The molecule has 0 saturated carbocycles. The molecule has 1 aliphatic heterocycles. The highest BCUT2D eigenvalue weighted by Crippen LogP contribution is 2.33. The summed E-state index contributed by atoms with van der Waals surface area (Å²) in [4.78, 5) is 25.4. The van der Waals surface area contributed by atoms with Crippen molar-refractivity contribution < 1.29 is 14.3 Å². The maximum Gasteiger partial charge on any atom is 0.247 e. The van der Waals surface area contributed by atoms with E-state index in [9.17, 15) is 4.79 Å². The molecule has 0 saturated heterocycles. The Hall–Kier alpha value is -4.21. The molecule has 0 spiro atoms. The Labute approximate surface area is 223 Å². The third-order valence-electron chi connectivity index (χ3n) is 6.01. The van der Waals surface area contributed by atoms with Crippen LogP contribution in [0.3, 0.4) is 0 Å². The van der Waals surface area contributed by atoms with E-state index in [1.165, 1.54) is 6.08 Å². The van der Waals surface area contributed by atoms with Crippen LogP contribution in [0.2, 0.25) is 0 Å². The van der Waals surface area contributed by atoms with Crippen molar-refractivity contribution in [3.63, 3.8) is 0 Å². The van der Waals surface area contributed by atoms with E-state index >= 15 is 0 Å². The summed E-state index contributed by atoms with van der Waals surface area (Å²) < 4.78 is 11.7. The van der Waals surface area contributed by atoms with Gasteiger partial charge in [0.25, 0.3) is 0 Å². The number of anilines is 4. The Morgan fingerprint density at radius 3 is 2.66 bits per heavy atom. The highest BCUT2D eigenvalue weighted by Gasteiger charge is 2.17. The molecule has 0 atom stereocenters. The van der Waals surface area contributed by atoms with Crippen molar-refractivity contribution in [1.29, 1.82) is 0 Å². The lowest BCUT2D eigenvalue weighted by molar-refractivity contribution is -0.111. The number of likely N-dealkylation sites (N-methyl/N-ethyl adjacent to an activating group) is 2. The normalized spacial score (nSPS) is 13.0. The number of carbonyl (C=O) groups is 1. The summed E-state index contributed by atoms with van der Waals surface area (Å²) in [5, 5.41) is 6.03. The number of benzene rings is 2. The Kier molecular flexibility index (Phi) is 9.07. The number of rotatable bonds is 11. The number of amides is 1. The molecule has 0 aliphatic carbocycles. The van der Waals surface area contributed by atoms with E-state index < -0.39 is 0 Å². The number of hydrogen-bond donors (Lipinski definition) is 2. The van der Waals surface area contributed by atoms with Crippen LogP contribution in [0.1, 0.15) is 12.0 Å². The fourth-order valence-corrected chi connectivity index (χ4v) is 3.85. The van der Waals surface area contributed by atoms with Crippen molar-refractivity contribution in [2.75, 3.05) is 63.0 Å². The van der Waals surface area contributed by atoms with Crippen molar-refractivity contribution in [3.05, 3.63) is 79.0 Å². The molecule has 2 aromatic carbocycles. The molecule has 2 heterocycles. The zero-order valence-electron chi connectivity index (χ0n) is 22.1. The summed E-state index contributed by atoms with van der Waals surface area (Å²) in [7, 11) is 6.22. The summed E-state index contributed by atoms with van der Waals surface area (Å²) in [6.45, 7) is 6.57. The van der Waals surface area contributed by atoms with Gasteiger partial charge in [0.05, 0.1) is 18.8 Å². The summed E-state index contributed by atoms with van der Waals surface area (Å²) in [6, 6.07) is 15.3. The van der Waals surface area contributed by atoms with Gasteiger partial charge < -0.3 is 29.9 Å². The average molecular weight is 515 g/mol. The van der Waals surface area contributed by atoms with Crippen molar-refractivity contribution in [2.24, 2.45) is 0 Å². The van der Waals surface area contributed by atoms with Crippen molar-refractivity contribution in [3.8, 4) is 11.6 Å². The van der Waals surface area contributed by atoms with Gasteiger partial charge in [-0.25, -0.2) is 4.98 Å². The van der Waals surface area contributed by atoms with Crippen LogP contribution in [0.5, 0.6) is 11.6 Å². The largest absolute Gasteiger partial charge is 0.438 e. The van der Waals surface area contributed by atoms with Crippen LogP contribution >= 0.6 is 0 Å². The maximum atomic E-state index is 11.7. The van der Waals surface area contributed by atoms with Gasteiger partial charge in [-0.05, 0) is 68.6 Å². The van der Waals surface area contributed by atoms with E-state index in [2.05, 4.69) is 65.3 Å². The molecule has 0 bridgehead atoms. The minimum Gasteiger partial charge on any atom is -0.438 e. The van der Waals surface area contributed by atoms with Gasteiger partial charge in [0.2, 0.25) is 17.7 Å². The standard InChI is InChI=1S/C29H34N6O3/c1-5-27(36)31-23-7-6-8-25(19-23)38-28-26(21-13-17-37-18-14-21)20-30-29(33-28)32-22-9-11-24(12-10-22)35(4)16-15-34(2)3/h5-13,19-20H,1,14-18H2,2-4H3,(H,31,36)(H,30,32,33). The molecular weight excluding hydrogens is 480 g/mol. The number of aromatic nitrogens is 2. The molecule has 0 unspecified atom stereocenters. The van der Waals surface area contributed by atoms with E-state index in [4.69, 9.17) is 14.5 Å². The average Bonchev–Trinajstić information content (AvgIpc) is 2.93. The lowest BCUT2D eigenvalue weighted by atomic mass is 10.0. The molecule has 2 N–H and O–H groups in total. The lowest BCUT2D eigenvalue weighted by Crippen LogP contribution is -2.28. The van der Waals surface area contributed by atoms with Crippen molar-refractivity contribution >= 4 is 34.5 Å². The van der Waals surface area contributed by atoms with Gasteiger partial charge in [-0.3, -0.25) is 4.79 Å². The van der Waals surface area contributed by atoms with E-state index in [0.717, 1.165) is 42.0 Å². The third-order valence-corrected chi connectivity index (χ3v) is 6.01. The van der Waals surface area contributed by atoms with Crippen LogP contribution in [0.25, 0.3) is 5.57 Å². The number of carbonyl (C=O) groups excluding carboxylic acids is 1. The van der Waals surface area contributed by atoms with Gasteiger partial charge in [0.15, 0.2) is 0 Å². The van der Waals surface area contributed by atoms with Crippen molar-refractivity contribution in [2.45, 2.75) is 6.42 Å². The van der Waals surface area contributed by atoms with Crippen LogP contribution in [0.15, 0.2) is 73.5 Å². The molecule has 198 valence electrons. The summed E-state index contributed by atoms with van der Waals surface area (Å²) in [5.41, 5.74) is 4.47. The predicted octanol–water partition coefficient (Wildman–Crippen LogP) is 4.94. The third kappa shape index (κ3) is 7.41. The Morgan fingerprint density at radius 2 is 1.95 bits per heavy atom.